The quantitative estimate of drug-likeness (QED) is 0.768. The van der Waals surface area contributed by atoms with Gasteiger partial charge in [-0.3, -0.25) is 4.79 Å². The molecule has 0 aliphatic rings. The number of amides is 1. The number of hydrogen-bond donors (Lipinski definition) is 2. The molecule has 1 rings (SSSR count). The summed E-state index contributed by atoms with van der Waals surface area (Å²) in [6.07, 6.45) is 2.41. The zero-order valence-electron chi connectivity index (χ0n) is 8.14. The van der Waals surface area contributed by atoms with Crippen LogP contribution in [0.15, 0.2) is 6.20 Å². The van der Waals surface area contributed by atoms with Crippen molar-refractivity contribution in [1.29, 1.82) is 0 Å². The highest BCUT2D eigenvalue weighted by molar-refractivity contribution is 7.07. The van der Waals surface area contributed by atoms with Crippen LogP contribution in [0.1, 0.15) is 29.4 Å². The van der Waals surface area contributed by atoms with Gasteiger partial charge in [0.15, 0.2) is 0 Å². The number of hydrogen-bond acceptors (Lipinski definition) is 5. The summed E-state index contributed by atoms with van der Waals surface area (Å²) in [5.41, 5.74) is 0. The number of carboxylic acid groups (broad SMARTS) is 1. The lowest BCUT2D eigenvalue weighted by molar-refractivity contribution is -0.139. The van der Waals surface area contributed by atoms with Gasteiger partial charge in [0.2, 0.25) is 0 Å². The zero-order valence-corrected chi connectivity index (χ0v) is 8.95. The maximum absolute atomic E-state index is 11.5. The second-order valence-corrected chi connectivity index (χ2v) is 3.72. The average molecular weight is 229 g/mol. The molecule has 6 nitrogen and oxygen atoms in total. The maximum atomic E-state index is 11.5. The highest BCUT2D eigenvalue weighted by atomic mass is 32.1. The molecular formula is C8H11N3O3S. The van der Waals surface area contributed by atoms with Crippen LogP contribution in [0.2, 0.25) is 0 Å². The number of nitrogens with zero attached hydrogens (tertiary/aromatic N) is 2. The Hall–Kier alpha value is -1.50. The van der Waals surface area contributed by atoms with Gasteiger partial charge in [-0.15, -0.1) is 5.10 Å². The minimum absolute atomic E-state index is 0.317. The molecule has 0 bridgehead atoms. The lowest BCUT2D eigenvalue weighted by Gasteiger charge is -2.11. The van der Waals surface area contributed by atoms with E-state index in [0.717, 1.165) is 11.5 Å². The van der Waals surface area contributed by atoms with Gasteiger partial charge in [-0.1, -0.05) is 17.8 Å². The lowest BCUT2D eigenvalue weighted by atomic mass is 10.1. The van der Waals surface area contributed by atoms with Crippen LogP contribution in [-0.2, 0) is 4.79 Å². The number of carbonyl (C=O) groups is 2. The Kier molecular flexibility index (Phi) is 4.17. The molecule has 2 N–H and O–H groups in total. The highest BCUT2D eigenvalue weighted by Crippen LogP contribution is 2.04. The van der Waals surface area contributed by atoms with Crippen LogP contribution in [0.3, 0.4) is 0 Å². The van der Waals surface area contributed by atoms with E-state index in [1.807, 2.05) is 6.92 Å². The molecule has 1 atom stereocenters. The van der Waals surface area contributed by atoms with Crippen molar-refractivity contribution in [2.24, 2.45) is 0 Å². The number of rotatable bonds is 5. The largest absolute Gasteiger partial charge is 0.480 e. The molecule has 1 amide bonds. The van der Waals surface area contributed by atoms with Crippen molar-refractivity contribution < 1.29 is 14.7 Å². The highest BCUT2D eigenvalue weighted by Gasteiger charge is 2.20. The summed E-state index contributed by atoms with van der Waals surface area (Å²) >= 11 is 0.937. The number of aliphatic carboxylic acids is 1. The van der Waals surface area contributed by atoms with E-state index in [2.05, 4.69) is 14.9 Å². The molecule has 0 radical (unpaired) electrons. The first-order valence-electron chi connectivity index (χ1n) is 4.46. The average Bonchev–Trinajstić information content (AvgIpc) is 2.69. The van der Waals surface area contributed by atoms with Crippen molar-refractivity contribution in [3.05, 3.63) is 11.1 Å². The van der Waals surface area contributed by atoms with Crippen molar-refractivity contribution in [2.75, 3.05) is 0 Å². The third-order valence-electron chi connectivity index (χ3n) is 1.77. The predicted molar refractivity (Wildman–Crippen MR) is 53.7 cm³/mol. The zero-order chi connectivity index (χ0) is 11.3. The summed E-state index contributed by atoms with van der Waals surface area (Å²) in [5.74, 6) is -1.46. The molecule has 0 fully saturated rings. The fraction of sp³-hybridized carbons (Fsp3) is 0.500. The van der Waals surface area contributed by atoms with E-state index in [-0.39, 0.29) is 0 Å². The van der Waals surface area contributed by atoms with Gasteiger partial charge >= 0.3 is 5.97 Å². The predicted octanol–water partition coefficient (Wildman–Crippen LogP) is 0.521. The van der Waals surface area contributed by atoms with Gasteiger partial charge in [0.1, 0.15) is 10.9 Å². The van der Waals surface area contributed by atoms with E-state index in [1.54, 1.807) is 0 Å². The van der Waals surface area contributed by atoms with Crippen molar-refractivity contribution in [3.63, 3.8) is 0 Å². The number of aromatic nitrogens is 2. The second kappa shape index (κ2) is 5.40. The Morgan fingerprint density at radius 1 is 1.67 bits per heavy atom. The Labute approximate surface area is 90.5 Å². The van der Waals surface area contributed by atoms with Crippen molar-refractivity contribution in [3.8, 4) is 0 Å². The van der Waals surface area contributed by atoms with Crippen LogP contribution in [0.25, 0.3) is 0 Å². The molecule has 1 heterocycles. The van der Waals surface area contributed by atoms with Crippen LogP contribution in [-0.4, -0.2) is 32.6 Å². The first-order valence-corrected chi connectivity index (χ1v) is 5.23. The van der Waals surface area contributed by atoms with Crippen LogP contribution in [0.4, 0.5) is 0 Å². The standard InChI is InChI=1S/C8H11N3O3S/c1-2-3-5(8(13)14)10-7(12)6-4-9-11-15-6/h4-5H,2-3H2,1H3,(H,10,12)(H,13,14)/t5-/m1/s1. The van der Waals surface area contributed by atoms with Gasteiger partial charge in [-0.05, 0) is 18.0 Å². The van der Waals surface area contributed by atoms with Gasteiger partial charge in [-0.25, -0.2) is 4.79 Å². The SMILES string of the molecule is CCC[C@@H](NC(=O)c1cnns1)C(=O)O. The van der Waals surface area contributed by atoms with E-state index in [4.69, 9.17) is 5.11 Å². The van der Waals surface area contributed by atoms with Gasteiger partial charge in [-0.2, -0.15) is 0 Å². The molecule has 0 spiro atoms. The molecule has 1 aromatic rings. The first-order chi connectivity index (χ1) is 7.15. The number of carboxylic acids is 1. The molecule has 0 saturated heterocycles. The van der Waals surface area contributed by atoms with E-state index in [0.29, 0.717) is 17.7 Å². The molecule has 15 heavy (non-hydrogen) atoms. The molecule has 0 aliphatic carbocycles. The fourth-order valence-corrected chi connectivity index (χ4v) is 1.46. The van der Waals surface area contributed by atoms with Crippen LogP contribution in [0.5, 0.6) is 0 Å². The van der Waals surface area contributed by atoms with Crippen LogP contribution in [0, 0.1) is 0 Å². The van der Waals surface area contributed by atoms with Gasteiger partial charge in [0, 0.05) is 0 Å². The molecule has 0 aliphatic heterocycles. The van der Waals surface area contributed by atoms with Crippen molar-refractivity contribution in [2.45, 2.75) is 25.8 Å². The minimum atomic E-state index is -1.03. The molecule has 7 heteroatoms. The first kappa shape index (κ1) is 11.6. The Bertz CT molecular complexity index is 339. The summed E-state index contributed by atoms with van der Waals surface area (Å²) in [4.78, 5) is 22.5. The molecular weight excluding hydrogens is 218 g/mol. The van der Waals surface area contributed by atoms with Crippen molar-refractivity contribution >= 4 is 23.4 Å². The third kappa shape index (κ3) is 3.28. The number of carbonyl (C=O) groups excluding carboxylic acids is 1. The van der Waals surface area contributed by atoms with Crippen molar-refractivity contribution in [1.82, 2.24) is 14.9 Å². The normalized spacial score (nSPS) is 12.1. The molecule has 1 aromatic heterocycles. The Balaban J connectivity index is 2.59. The van der Waals surface area contributed by atoms with Gasteiger partial charge in [0.05, 0.1) is 6.20 Å². The van der Waals surface area contributed by atoms with Gasteiger partial charge in [0.25, 0.3) is 5.91 Å². The summed E-state index contributed by atoms with van der Waals surface area (Å²) in [6.45, 7) is 1.86. The topological polar surface area (TPSA) is 92.2 Å². The van der Waals surface area contributed by atoms with E-state index in [9.17, 15) is 9.59 Å². The Morgan fingerprint density at radius 3 is 2.87 bits per heavy atom. The molecule has 0 saturated carbocycles. The maximum Gasteiger partial charge on any atom is 0.326 e. The Morgan fingerprint density at radius 2 is 2.40 bits per heavy atom. The second-order valence-electron chi connectivity index (χ2n) is 2.93. The van der Waals surface area contributed by atoms with E-state index >= 15 is 0 Å². The third-order valence-corrected chi connectivity index (χ3v) is 2.43. The van der Waals surface area contributed by atoms with E-state index < -0.39 is 17.9 Å². The summed E-state index contributed by atoms with van der Waals surface area (Å²) in [5, 5.41) is 14.7. The number of nitrogens with one attached hydrogen (secondary N) is 1. The minimum Gasteiger partial charge on any atom is -0.480 e. The lowest BCUT2D eigenvalue weighted by Crippen LogP contribution is -2.40. The molecule has 0 unspecified atom stereocenters. The summed E-state index contributed by atoms with van der Waals surface area (Å²) in [6, 6.07) is -0.843. The van der Waals surface area contributed by atoms with Crippen LogP contribution >= 0.6 is 11.5 Å². The van der Waals surface area contributed by atoms with Gasteiger partial charge < -0.3 is 10.4 Å². The summed E-state index contributed by atoms with van der Waals surface area (Å²) < 4.78 is 3.52. The molecule has 82 valence electrons. The monoisotopic (exact) mass is 229 g/mol. The smallest absolute Gasteiger partial charge is 0.326 e. The summed E-state index contributed by atoms with van der Waals surface area (Å²) in [7, 11) is 0. The van der Waals surface area contributed by atoms with E-state index in [1.165, 1.54) is 6.20 Å². The molecule has 0 aromatic carbocycles. The van der Waals surface area contributed by atoms with Crippen LogP contribution < -0.4 is 5.32 Å². The fourth-order valence-electron chi connectivity index (χ4n) is 1.04.